The van der Waals surface area contributed by atoms with Gasteiger partial charge in [0.1, 0.15) is 5.82 Å². The standard InChI is InChI=1S/C18H30N6O.2ClH/c1-22-11-13-24(14-12-22)17-15-16(3-5-20-17)18(25)21-4-2-8-23-9-6-19-7-10-23;;/h3,5,15,19H,2,4,6-14H2,1H3,(H,21,25);2*1H. The first-order chi connectivity index (χ1) is 12.2. The van der Waals surface area contributed by atoms with E-state index in [1.54, 1.807) is 12.3 Å². The van der Waals surface area contributed by atoms with Gasteiger partial charge in [-0.2, -0.15) is 0 Å². The number of halogens is 2. The van der Waals surface area contributed by atoms with E-state index in [4.69, 9.17) is 0 Å². The highest BCUT2D eigenvalue weighted by Crippen LogP contribution is 2.14. The van der Waals surface area contributed by atoms with Crippen molar-refractivity contribution >= 4 is 36.5 Å². The maximum Gasteiger partial charge on any atom is 0.251 e. The zero-order valence-corrected chi connectivity index (χ0v) is 17.7. The molecule has 2 aliphatic heterocycles. The first-order valence-corrected chi connectivity index (χ1v) is 9.33. The zero-order chi connectivity index (χ0) is 17.5. The Morgan fingerprint density at radius 3 is 2.56 bits per heavy atom. The van der Waals surface area contributed by atoms with E-state index in [0.29, 0.717) is 5.56 Å². The van der Waals surface area contributed by atoms with Crippen molar-refractivity contribution in [2.75, 3.05) is 77.4 Å². The number of carbonyl (C=O) groups is 1. The molecule has 3 heterocycles. The van der Waals surface area contributed by atoms with Gasteiger partial charge < -0.3 is 25.3 Å². The van der Waals surface area contributed by atoms with E-state index in [0.717, 1.165) is 77.7 Å². The van der Waals surface area contributed by atoms with Gasteiger partial charge in [0.25, 0.3) is 5.91 Å². The van der Waals surface area contributed by atoms with Crippen LogP contribution in [0.25, 0.3) is 0 Å². The van der Waals surface area contributed by atoms with Gasteiger partial charge in [0.15, 0.2) is 0 Å². The summed E-state index contributed by atoms with van der Waals surface area (Å²) < 4.78 is 0. The smallest absolute Gasteiger partial charge is 0.251 e. The summed E-state index contributed by atoms with van der Waals surface area (Å²) in [4.78, 5) is 23.8. The molecule has 154 valence electrons. The Morgan fingerprint density at radius 2 is 1.85 bits per heavy atom. The van der Waals surface area contributed by atoms with E-state index < -0.39 is 0 Å². The minimum atomic E-state index is -0.00177. The highest BCUT2D eigenvalue weighted by Gasteiger charge is 2.16. The summed E-state index contributed by atoms with van der Waals surface area (Å²) in [5.41, 5.74) is 0.700. The summed E-state index contributed by atoms with van der Waals surface area (Å²) in [7, 11) is 2.13. The fourth-order valence-electron chi connectivity index (χ4n) is 3.31. The van der Waals surface area contributed by atoms with E-state index in [2.05, 4.69) is 37.4 Å². The number of pyridine rings is 1. The second-order valence-electron chi connectivity index (χ2n) is 6.89. The summed E-state index contributed by atoms with van der Waals surface area (Å²) in [5.74, 6) is 0.902. The number of carbonyl (C=O) groups excluding carboxylic acids is 1. The van der Waals surface area contributed by atoms with E-state index in [-0.39, 0.29) is 30.7 Å². The molecule has 0 aliphatic carbocycles. The highest BCUT2D eigenvalue weighted by molar-refractivity contribution is 5.94. The molecule has 1 aromatic heterocycles. The Hall–Kier alpha value is -1.12. The number of nitrogens with zero attached hydrogens (tertiary/aromatic N) is 4. The van der Waals surface area contributed by atoms with Crippen LogP contribution in [0.3, 0.4) is 0 Å². The van der Waals surface area contributed by atoms with Gasteiger partial charge in [0.05, 0.1) is 0 Å². The van der Waals surface area contributed by atoms with Crippen LogP contribution in [0.15, 0.2) is 18.3 Å². The second-order valence-corrected chi connectivity index (χ2v) is 6.89. The van der Waals surface area contributed by atoms with Crippen molar-refractivity contribution in [1.29, 1.82) is 0 Å². The maximum atomic E-state index is 12.4. The first-order valence-electron chi connectivity index (χ1n) is 9.33. The number of likely N-dealkylation sites (N-methyl/N-ethyl adjacent to an activating group) is 1. The number of rotatable bonds is 6. The number of aromatic nitrogens is 1. The van der Waals surface area contributed by atoms with Gasteiger partial charge in [0.2, 0.25) is 0 Å². The Labute approximate surface area is 174 Å². The van der Waals surface area contributed by atoms with Crippen molar-refractivity contribution in [3.8, 4) is 0 Å². The molecule has 0 saturated carbocycles. The molecule has 2 fully saturated rings. The van der Waals surface area contributed by atoms with Gasteiger partial charge in [-0.15, -0.1) is 24.8 Å². The van der Waals surface area contributed by atoms with Gasteiger partial charge >= 0.3 is 0 Å². The molecule has 0 aromatic carbocycles. The lowest BCUT2D eigenvalue weighted by Gasteiger charge is -2.33. The predicted molar refractivity (Wildman–Crippen MR) is 115 cm³/mol. The predicted octanol–water partition coefficient (Wildman–Crippen LogP) is 0.702. The first kappa shape index (κ1) is 23.9. The minimum absolute atomic E-state index is 0. The fourth-order valence-corrected chi connectivity index (χ4v) is 3.31. The molecule has 7 nitrogen and oxygen atoms in total. The van der Waals surface area contributed by atoms with Gasteiger partial charge in [-0.3, -0.25) is 4.79 Å². The molecule has 2 aliphatic rings. The molecule has 0 radical (unpaired) electrons. The summed E-state index contributed by atoms with van der Waals surface area (Å²) >= 11 is 0. The van der Waals surface area contributed by atoms with Crippen LogP contribution in [0.2, 0.25) is 0 Å². The lowest BCUT2D eigenvalue weighted by molar-refractivity contribution is 0.0951. The summed E-state index contributed by atoms with van der Waals surface area (Å²) in [5, 5.41) is 6.40. The molecule has 0 spiro atoms. The number of amides is 1. The number of nitrogens with one attached hydrogen (secondary N) is 2. The van der Waals surface area contributed by atoms with Gasteiger partial charge in [-0.1, -0.05) is 0 Å². The van der Waals surface area contributed by atoms with E-state index in [1.807, 2.05) is 6.07 Å². The molecule has 1 amide bonds. The van der Waals surface area contributed by atoms with E-state index in [1.165, 1.54) is 0 Å². The Morgan fingerprint density at radius 1 is 1.15 bits per heavy atom. The van der Waals surface area contributed by atoms with E-state index in [9.17, 15) is 4.79 Å². The number of hydrogen-bond donors (Lipinski definition) is 2. The maximum absolute atomic E-state index is 12.4. The van der Waals surface area contributed by atoms with Crippen LogP contribution in [0.4, 0.5) is 5.82 Å². The largest absolute Gasteiger partial charge is 0.354 e. The van der Waals surface area contributed by atoms with Crippen molar-refractivity contribution in [3.63, 3.8) is 0 Å². The average Bonchev–Trinajstić information content (AvgIpc) is 2.66. The van der Waals surface area contributed by atoms with Crippen LogP contribution in [-0.4, -0.2) is 93.2 Å². The Balaban J connectivity index is 0.00000182. The SMILES string of the molecule is CN1CCN(c2cc(C(=O)NCCCN3CCNCC3)ccn2)CC1.Cl.Cl. The summed E-state index contributed by atoms with van der Waals surface area (Å²) in [6.07, 6.45) is 2.73. The summed E-state index contributed by atoms with van der Waals surface area (Å²) in [6, 6.07) is 3.71. The molecule has 0 unspecified atom stereocenters. The normalized spacial score (nSPS) is 18.3. The van der Waals surface area contributed by atoms with Gasteiger partial charge in [-0.05, 0) is 32.1 Å². The molecule has 27 heavy (non-hydrogen) atoms. The summed E-state index contributed by atoms with van der Waals surface area (Å²) in [6.45, 7) is 10.1. The molecule has 2 saturated heterocycles. The van der Waals surface area contributed by atoms with Crippen LogP contribution >= 0.6 is 24.8 Å². The zero-order valence-electron chi connectivity index (χ0n) is 16.0. The second kappa shape index (κ2) is 12.4. The average molecular weight is 419 g/mol. The van der Waals surface area contributed by atoms with Crippen LogP contribution in [0, 0.1) is 0 Å². The molecular weight excluding hydrogens is 387 g/mol. The third kappa shape index (κ3) is 7.43. The molecular formula is C18H32Cl2N6O. The number of hydrogen-bond acceptors (Lipinski definition) is 6. The number of piperazine rings is 2. The topological polar surface area (TPSA) is 63.7 Å². The molecule has 9 heteroatoms. The van der Waals surface area contributed by atoms with Crippen LogP contribution in [-0.2, 0) is 0 Å². The fraction of sp³-hybridized carbons (Fsp3) is 0.667. The van der Waals surface area contributed by atoms with Gasteiger partial charge in [0, 0.05) is 70.7 Å². The molecule has 1 aromatic rings. The van der Waals surface area contributed by atoms with Gasteiger partial charge in [-0.25, -0.2) is 4.98 Å². The lowest BCUT2D eigenvalue weighted by Crippen LogP contribution is -2.45. The molecule has 3 rings (SSSR count). The quantitative estimate of drug-likeness (QED) is 0.663. The minimum Gasteiger partial charge on any atom is -0.354 e. The Kier molecular flexibility index (Phi) is 10.9. The van der Waals surface area contributed by atoms with E-state index >= 15 is 0 Å². The van der Waals surface area contributed by atoms with Crippen LogP contribution < -0.4 is 15.5 Å². The van der Waals surface area contributed by atoms with Crippen LogP contribution in [0.5, 0.6) is 0 Å². The van der Waals surface area contributed by atoms with Crippen molar-refractivity contribution in [2.45, 2.75) is 6.42 Å². The van der Waals surface area contributed by atoms with Crippen molar-refractivity contribution in [3.05, 3.63) is 23.9 Å². The van der Waals surface area contributed by atoms with Crippen molar-refractivity contribution in [2.24, 2.45) is 0 Å². The number of anilines is 1. The lowest BCUT2D eigenvalue weighted by atomic mass is 10.2. The third-order valence-corrected chi connectivity index (χ3v) is 4.98. The molecule has 2 N–H and O–H groups in total. The molecule has 0 bridgehead atoms. The third-order valence-electron chi connectivity index (χ3n) is 4.98. The monoisotopic (exact) mass is 418 g/mol. The van der Waals surface area contributed by atoms with Crippen LogP contribution in [0.1, 0.15) is 16.8 Å². The van der Waals surface area contributed by atoms with Crippen molar-refractivity contribution in [1.82, 2.24) is 25.4 Å². The molecule has 0 atom stereocenters. The Bertz CT molecular complexity index is 563. The highest BCUT2D eigenvalue weighted by atomic mass is 35.5. The van der Waals surface area contributed by atoms with Crippen molar-refractivity contribution < 1.29 is 4.79 Å².